The number of benzene rings is 2. The van der Waals surface area contributed by atoms with Crippen molar-refractivity contribution in [3.63, 3.8) is 0 Å². The normalized spacial score (nSPS) is 10.2. The van der Waals surface area contributed by atoms with Gasteiger partial charge in [0.05, 0.1) is 19.4 Å². The number of ether oxygens (including phenoxy) is 2. The minimum absolute atomic E-state index is 0.737. The lowest BCUT2D eigenvalue weighted by molar-refractivity contribution is 0.317. The van der Waals surface area contributed by atoms with E-state index in [9.17, 15) is 0 Å². The zero-order chi connectivity index (χ0) is 15.1. The van der Waals surface area contributed by atoms with Crippen LogP contribution in [0.2, 0.25) is 0 Å². The molecule has 0 aliphatic heterocycles. The molecule has 1 N–H and O–H groups in total. The lowest BCUT2D eigenvalue weighted by atomic mass is 10.2. The van der Waals surface area contributed by atoms with Gasteiger partial charge in [0.25, 0.3) is 0 Å². The van der Waals surface area contributed by atoms with Crippen molar-refractivity contribution in [3.8, 4) is 11.5 Å². The molecule has 0 amide bonds. The molecule has 3 nitrogen and oxygen atoms in total. The van der Waals surface area contributed by atoms with Gasteiger partial charge in [0.15, 0.2) is 0 Å². The predicted octanol–water partition coefficient (Wildman–Crippen LogP) is 4.86. The number of hydrogen-bond donors (Lipinski definition) is 1. The van der Waals surface area contributed by atoms with Crippen molar-refractivity contribution in [2.75, 3.05) is 19.0 Å². The Morgan fingerprint density at radius 3 is 2.52 bits per heavy atom. The molecule has 112 valence electrons. The Kier molecular flexibility index (Phi) is 5.93. The van der Waals surface area contributed by atoms with E-state index in [4.69, 9.17) is 9.47 Å². The molecular formula is C17H20BrNO2. The molecule has 0 aliphatic carbocycles. The minimum Gasteiger partial charge on any atom is -0.495 e. The monoisotopic (exact) mass is 349 g/mol. The minimum atomic E-state index is 0.737. The van der Waals surface area contributed by atoms with Crippen LogP contribution in [-0.2, 0) is 6.54 Å². The van der Waals surface area contributed by atoms with Crippen molar-refractivity contribution < 1.29 is 9.47 Å². The number of hydrogen-bond acceptors (Lipinski definition) is 3. The Hall–Kier alpha value is -1.68. The molecule has 2 rings (SSSR count). The van der Waals surface area contributed by atoms with Crippen molar-refractivity contribution in [1.29, 1.82) is 0 Å². The van der Waals surface area contributed by atoms with Crippen LogP contribution in [0.5, 0.6) is 11.5 Å². The van der Waals surface area contributed by atoms with E-state index in [0.29, 0.717) is 0 Å². The SMILES string of the molecule is CCCOc1ccc(CNc2cc(Br)ccc2OC)cc1. The molecule has 0 saturated carbocycles. The maximum absolute atomic E-state index is 5.58. The van der Waals surface area contributed by atoms with Crippen LogP contribution >= 0.6 is 15.9 Å². The molecule has 4 heteroatoms. The number of methoxy groups -OCH3 is 1. The van der Waals surface area contributed by atoms with E-state index in [1.165, 1.54) is 5.56 Å². The summed E-state index contributed by atoms with van der Waals surface area (Å²) in [5, 5.41) is 3.39. The summed E-state index contributed by atoms with van der Waals surface area (Å²) in [6.45, 7) is 3.59. The molecule has 0 radical (unpaired) electrons. The topological polar surface area (TPSA) is 30.5 Å². The molecule has 0 heterocycles. The van der Waals surface area contributed by atoms with Crippen molar-refractivity contribution in [2.45, 2.75) is 19.9 Å². The van der Waals surface area contributed by atoms with E-state index in [1.807, 2.05) is 30.3 Å². The summed E-state index contributed by atoms with van der Waals surface area (Å²) < 4.78 is 11.9. The van der Waals surface area contributed by atoms with Crippen molar-refractivity contribution in [2.24, 2.45) is 0 Å². The summed E-state index contributed by atoms with van der Waals surface area (Å²) in [5.74, 6) is 1.75. The van der Waals surface area contributed by atoms with Gasteiger partial charge >= 0.3 is 0 Å². The van der Waals surface area contributed by atoms with Crippen LogP contribution in [0.4, 0.5) is 5.69 Å². The molecule has 0 aliphatic rings. The van der Waals surface area contributed by atoms with Gasteiger partial charge in [0, 0.05) is 11.0 Å². The molecule has 0 aromatic heterocycles. The third kappa shape index (κ3) is 4.67. The maximum atomic E-state index is 5.58. The summed E-state index contributed by atoms with van der Waals surface area (Å²) in [7, 11) is 1.67. The average Bonchev–Trinajstić information content (AvgIpc) is 2.52. The molecule has 0 atom stereocenters. The number of rotatable bonds is 7. The number of nitrogens with one attached hydrogen (secondary N) is 1. The van der Waals surface area contributed by atoms with E-state index in [1.54, 1.807) is 7.11 Å². The van der Waals surface area contributed by atoms with E-state index in [0.717, 1.165) is 41.2 Å². The zero-order valence-electron chi connectivity index (χ0n) is 12.4. The summed E-state index contributed by atoms with van der Waals surface area (Å²) in [6, 6.07) is 14.1. The molecule has 0 spiro atoms. The average molecular weight is 350 g/mol. The first-order valence-corrected chi connectivity index (χ1v) is 7.81. The highest BCUT2D eigenvalue weighted by Crippen LogP contribution is 2.28. The van der Waals surface area contributed by atoms with E-state index in [2.05, 4.69) is 40.3 Å². The molecular weight excluding hydrogens is 330 g/mol. The Morgan fingerprint density at radius 1 is 1.10 bits per heavy atom. The molecule has 21 heavy (non-hydrogen) atoms. The quantitative estimate of drug-likeness (QED) is 0.774. The van der Waals surface area contributed by atoms with Gasteiger partial charge in [-0.15, -0.1) is 0 Å². The fourth-order valence-electron chi connectivity index (χ4n) is 1.94. The second kappa shape index (κ2) is 7.93. The first-order valence-electron chi connectivity index (χ1n) is 7.02. The summed E-state index contributed by atoms with van der Waals surface area (Å²) >= 11 is 3.47. The Morgan fingerprint density at radius 2 is 1.86 bits per heavy atom. The second-order valence-electron chi connectivity index (χ2n) is 4.69. The highest BCUT2D eigenvalue weighted by molar-refractivity contribution is 9.10. The number of halogens is 1. The van der Waals surface area contributed by atoms with Crippen LogP contribution in [0.15, 0.2) is 46.9 Å². The zero-order valence-corrected chi connectivity index (χ0v) is 13.9. The van der Waals surface area contributed by atoms with Crippen LogP contribution in [-0.4, -0.2) is 13.7 Å². The molecule has 0 unspecified atom stereocenters. The number of anilines is 1. The lowest BCUT2D eigenvalue weighted by Crippen LogP contribution is -2.01. The van der Waals surface area contributed by atoms with Crippen molar-refractivity contribution in [1.82, 2.24) is 0 Å². The van der Waals surface area contributed by atoms with Gasteiger partial charge in [-0.25, -0.2) is 0 Å². The van der Waals surface area contributed by atoms with Crippen molar-refractivity contribution >= 4 is 21.6 Å². The molecule has 2 aromatic carbocycles. The highest BCUT2D eigenvalue weighted by Gasteiger charge is 2.03. The van der Waals surface area contributed by atoms with Gasteiger partial charge in [-0.2, -0.15) is 0 Å². The van der Waals surface area contributed by atoms with Crippen LogP contribution in [0.25, 0.3) is 0 Å². The van der Waals surface area contributed by atoms with Gasteiger partial charge in [0.1, 0.15) is 11.5 Å². The molecule has 0 bridgehead atoms. The first-order chi connectivity index (χ1) is 10.2. The van der Waals surface area contributed by atoms with Gasteiger partial charge in [-0.1, -0.05) is 35.0 Å². The Bertz CT molecular complexity index is 570. The van der Waals surface area contributed by atoms with Gasteiger partial charge in [-0.05, 0) is 42.3 Å². The fraction of sp³-hybridized carbons (Fsp3) is 0.294. The first kappa shape index (κ1) is 15.7. The predicted molar refractivity (Wildman–Crippen MR) is 90.2 cm³/mol. The van der Waals surface area contributed by atoms with Crippen molar-refractivity contribution in [3.05, 3.63) is 52.5 Å². The summed E-state index contributed by atoms with van der Waals surface area (Å²) in [4.78, 5) is 0. The fourth-order valence-corrected chi connectivity index (χ4v) is 2.30. The van der Waals surface area contributed by atoms with Gasteiger partial charge < -0.3 is 14.8 Å². The van der Waals surface area contributed by atoms with Gasteiger partial charge in [-0.3, -0.25) is 0 Å². The largest absolute Gasteiger partial charge is 0.495 e. The van der Waals surface area contributed by atoms with Crippen LogP contribution < -0.4 is 14.8 Å². The van der Waals surface area contributed by atoms with Crippen LogP contribution in [0, 0.1) is 0 Å². The highest BCUT2D eigenvalue weighted by atomic mass is 79.9. The third-order valence-electron chi connectivity index (χ3n) is 3.04. The Balaban J connectivity index is 1.98. The standard InChI is InChI=1S/C17H20BrNO2/c1-3-10-21-15-7-4-13(5-8-15)12-19-16-11-14(18)6-9-17(16)20-2/h4-9,11,19H,3,10,12H2,1-2H3. The summed E-state index contributed by atoms with van der Waals surface area (Å²) in [5.41, 5.74) is 2.17. The molecule has 0 saturated heterocycles. The third-order valence-corrected chi connectivity index (χ3v) is 3.53. The van der Waals surface area contributed by atoms with Gasteiger partial charge in [0.2, 0.25) is 0 Å². The van der Waals surface area contributed by atoms with Crippen LogP contribution in [0.3, 0.4) is 0 Å². The molecule has 2 aromatic rings. The maximum Gasteiger partial charge on any atom is 0.142 e. The smallest absolute Gasteiger partial charge is 0.142 e. The summed E-state index contributed by atoms with van der Waals surface area (Å²) in [6.07, 6.45) is 1.02. The van der Waals surface area contributed by atoms with Crippen LogP contribution in [0.1, 0.15) is 18.9 Å². The van der Waals surface area contributed by atoms with E-state index in [-0.39, 0.29) is 0 Å². The Labute approximate surface area is 134 Å². The lowest BCUT2D eigenvalue weighted by Gasteiger charge is -2.12. The second-order valence-corrected chi connectivity index (χ2v) is 5.61. The van der Waals surface area contributed by atoms with E-state index < -0.39 is 0 Å². The molecule has 0 fully saturated rings. The van der Waals surface area contributed by atoms with E-state index >= 15 is 0 Å².